The van der Waals surface area contributed by atoms with Crippen molar-refractivity contribution in [3.63, 3.8) is 0 Å². The lowest BCUT2D eigenvalue weighted by atomic mass is 10.1. The summed E-state index contributed by atoms with van der Waals surface area (Å²) in [6.45, 7) is -0.164. The van der Waals surface area contributed by atoms with Crippen molar-refractivity contribution in [2.24, 2.45) is 5.10 Å². The maximum absolute atomic E-state index is 11.7. The molecule has 0 aliphatic carbocycles. The van der Waals surface area contributed by atoms with Gasteiger partial charge in [0, 0.05) is 6.42 Å². The predicted octanol–water partition coefficient (Wildman–Crippen LogP) is 1.58. The Labute approximate surface area is 150 Å². The molecule has 0 bridgehead atoms. The third kappa shape index (κ3) is 6.56. The summed E-state index contributed by atoms with van der Waals surface area (Å²) in [6, 6.07) is 15.7. The SMILES string of the molecule is O=C(CCc1ccccc1)NCC(=O)N/N=C\c1ccc(C(=O)O)cc1. The zero-order valence-electron chi connectivity index (χ0n) is 14.0. The topological polar surface area (TPSA) is 108 Å². The van der Waals surface area contributed by atoms with Gasteiger partial charge in [-0.2, -0.15) is 5.10 Å². The zero-order valence-corrected chi connectivity index (χ0v) is 14.0. The van der Waals surface area contributed by atoms with E-state index in [2.05, 4.69) is 15.8 Å². The molecule has 26 heavy (non-hydrogen) atoms. The van der Waals surface area contributed by atoms with Crippen molar-refractivity contribution in [3.05, 3.63) is 71.3 Å². The molecular weight excluding hydrogens is 334 g/mol. The third-order valence-corrected chi connectivity index (χ3v) is 3.49. The molecule has 2 aromatic rings. The van der Waals surface area contributed by atoms with E-state index in [9.17, 15) is 14.4 Å². The number of carboxylic acid groups (broad SMARTS) is 1. The Hall–Kier alpha value is -3.48. The molecule has 134 valence electrons. The Kier molecular flexibility index (Phi) is 7.05. The fourth-order valence-corrected chi connectivity index (χ4v) is 2.10. The van der Waals surface area contributed by atoms with E-state index < -0.39 is 11.9 Å². The normalized spacial score (nSPS) is 10.5. The van der Waals surface area contributed by atoms with E-state index >= 15 is 0 Å². The van der Waals surface area contributed by atoms with Crippen LogP contribution in [0.2, 0.25) is 0 Å². The van der Waals surface area contributed by atoms with E-state index in [-0.39, 0.29) is 18.0 Å². The van der Waals surface area contributed by atoms with Crippen LogP contribution in [-0.2, 0) is 16.0 Å². The minimum absolute atomic E-state index is 0.164. The Morgan fingerprint density at radius 1 is 0.962 bits per heavy atom. The first kappa shape index (κ1) is 18.9. The van der Waals surface area contributed by atoms with E-state index in [0.29, 0.717) is 18.4 Å². The van der Waals surface area contributed by atoms with E-state index in [4.69, 9.17) is 5.11 Å². The molecule has 0 spiro atoms. The molecule has 2 rings (SSSR count). The largest absolute Gasteiger partial charge is 0.478 e. The van der Waals surface area contributed by atoms with Gasteiger partial charge < -0.3 is 10.4 Å². The van der Waals surface area contributed by atoms with Gasteiger partial charge in [-0.1, -0.05) is 42.5 Å². The minimum Gasteiger partial charge on any atom is -0.478 e. The van der Waals surface area contributed by atoms with Crippen molar-refractivity contribution in [2.75, 3.05) is 6.54 Å². The first-order chi connectivity index (χ1) is 12.5. The molecule has 0 atom stereocenters. The number of hydrogen-bond donors (Lipinski definition) is 3. The van der Waals surface area contributed by atoms with Crippen molar-refractivity contribution in [1.82, 2.24) is 10.7 Å². The van der Waals surface area contributed by atoms with Gasteiger partial charge in [0.25, 0.3) is 5.91 Å². The monoisotopic (exact) mass is 353 g/mol. The first-order valence-corrected chi connectivity index (χ1v) is 8.00. The number of rotatable bonds is 8. The number of carbonyl (C=O) groups excluding carboxylic acids is 2. The second-order valence-corrected chi connectivity index (χ2v) is 5.48. The van der Waals surface area contributed by atoms with Crippen LogP contribution in [0.5, 0.6) is 0 Å². The van der Waals surface area contributed by atoms with Gasteiger partial charge in [0.05, 0.1) is 18.3 Å². The Balaban J connectivity index is 1.68. The van der Waals surface area contributed by atoms with Gasteiger partial charge in [-0.25, -0.2) is 10.2 Å². The lowest BCUT2D eigenvalue weighted by molar-refractivity contribution is -0.126. The maximum Gasteiger partial charge on any atom is 0.335 e. The second-order valence-electron chi connectivity index (χ2n) is 5.48. The average molecular weight is 353 g/mol. The van der Waals surface area contributed by atoms with Crippen LogP contribution < -0.4 is 10.7 Å². The fraction of sp³-hybridized carbons (Fsp3) is 0.158. The molecule has 0 aromatic heterocycles. The lowest BCUT2D eigenvalue weighted by Gasteiger charge is -2.04. The van der Waals surface area contributed by atoms with E-state index in [1.807, 2.05) is 30.3 Å². The van der Waals surface area contributed by atoms with Gasteiger partial charge in [0.1, 0.15) is 0 Å². The number of carboxylic acids is 1. The van der Waals surface area contributed by atoms with E-state index in [1.54, 1.807) is 12.1 Å². The summed E-state index contributed by atoms with van der Waals surface area (Å²) in [4.78, 5) is 34.1. The molecule has 7 nitrogen and oxygen atoms in total. The molecule has 0 aliphatic rings. The number of amides is 2. The molecule has 0 unspecified atom stereocenters. The van der Waals surface area contributed by atoms with Crippen LogP contribution in [0, 0.1) is 0 Å². The standard InChI is InChI=1S/C19H19N3O4/c23-17(11-8-14-4-2-1-3-5-14)20-13-18(24)22-21-12-15-6-9-16(10-7-15)19(25)26/h1-7,9-10,12H,8,11,13H2,(H,20,23)(H,22,24)(H,25,26)/b21-12-. The molecule has 0 radical (unpaired) electrons. The van der Waals surface area contributed by atoms with Crippen molar-refractivity contribution < 1.29 is 19.5 Å². The van der Waals surface area contributed by atoms with Gasteiger partial charge in [0.15, 0.2) is 0 Å². The molecule has 2 aromatic carbocycles. The summed E-state index contributed by atoms with van der Waals surface area (Å²) < 4.78 is 0. The number of nitrogens with one attached hydrogen (secondary N) is 2. The zero-order chi connectivity index (χ0) is 18.8. The van der Waals surface area contributed by atoms with Gasteiger partial charge in [0.2, 0.25) is 5.91 Å². The van der Waals surface area contributed by atoms with Gasteiger partial charge in [-0.05, 0) is 29.7 Å². The molecule has 0 saturated heterocycles. The van der Waals surface area contributed by atoms with Crippen molar-refractivity contribution in [2.45, 2.75) is 12.8 Å². The van der Waals surface area contributed by atoms with Gasteiger partial charge in [-0.15, -0.1) is 0 Å². The molecule has 0 saturated carbocycles. The number of hydrazone groups is 1. The summed E-state index contributed by atoms with van der Waals surface area (Å²) in [7, 11) is 0. The molecule has 2 amide bonds. The number of benzene rings is 2. The second kappa shape index (κ2) is 9.73. The van der Waals surface area contributed by atoms with Crippen molar-refractivity contribution in [3.8, 4) is 0 Å². The highest BCUT2D eigenvalue weighted by Crippen LogP contribution is 2.02. The Morgan fingerprint density at radius 3 is 2.31 bits per heavy atom. The van der Waals surface area contributed by atoms with Crippen LogP contribution in [0.15, 0.2) is 59.7 Å². The van der Waals surface area contributed by atoms with E-state index in [0.717, 1.165) is 5.56 Å². The molecule has 7 heteroatoms. The van der Waals surface area contributed by atoms with Crippen LogP contribution in [-0.4, -0.2) is 35.6 Å². The Bertz CT molecular complexity index is 786. The van der Waals surface area contributed by atoms with Crippen LogP contribution in [0.4, 0.5) is 0 Å². The van der Waals surface area contributed by atoms with Gasteiger partial charge >= 0.3 is 5.97 Å². The van der Waals surface area contributed by atoms with Crippen LogP contribution in [0.3, 0.4) is 0 Å². The summed E-state index contributed by atoms with van der Waals surface area (Å²) in [5.74, 6) is -1.67. The van der Waals surface area contributed by atoms with E-state index in [1.165, 1.54) is 18.3 Å². The van der Waals surface area contributed by atoms with Crippen molar-refractivity contribution in [1.29, 1.82) is 0 Å². The van der Waals surface area contributed by atoms with Crippen molar-refractivity contribution >= 4 is 24.0 Å². The highest BCUT2D eigenvalue weighted by Gasteiger charge is 2.05. The predicted molar refractivity (Wildman–Crippen MR) is 96.9 cm³/mol. The van der Waals surface area contributed by atoms with Gasteiger partial charge in [-0.3, -0.25) is 9.59 Å². The molecule has 0 heterocycles. The highest BCUT2D eigenvalue weighted by atomic mass is 16.4. The molecule has 0 fully saturated rings. The fourth-order valence-electron chi connectivity index (χ4n) is 2.10. The maximum atomic E-state index is 11.7. The third-order valence-electron chi connectivity index (χ3n) is 3.49. The quantitative estimate of drug-likeness (QED) is 0.495. The smallest absolute Gasteiger partial charge is 0.335 e. The molecule has 3 N–H and O–H groups in total. The van der Waals surface area contributed by atoms with Crippen LogP contribution in [0.25, 0.3) is 0 Å². The summed E-state index contributed by atoms with van der Waals surface area (Å²) >= 11 is 0. The minimum atomic E-state index is -1.01. The number of aromatic carboxylic acids is 1. The number of nitrogens with zero attached hydrogens (tertiary/aromatic N) is 1. The lowest BCUT2D eigenvalue weighted by Crippen LogP contribution is -2.35. The first-order valence-electron chi connectivity index (χ1n) is 8.00. The summed E-state index contributed by atoms with van der Waals surface area (Å²) in [5.41, 5.74) is 4.17. The number of hydrogen-bond acceptors (Lipinski definition) is 4. The highest BCUT2D eigenvalue weighted by molar-refractivity contribution is 5.89. The Morgan fingerprint density at radius 2 is 1.65 bits per heavy atom. The van der Waals surface area contributed by atoms with Crippen LogP contribution >= 0.6 is 0 Å². The molecular formula is C19H19N3O4. The molecule has 0 aliphatic heterocycles. The van der Waals surface area contributed by atoms with Crippen LogP contribution in [0.1, 0.15) is 27.9 Å². The number of carbonyl (C=O) groups is 3. The summed E-state index contributed by atoms with van der Waals surface area (Å²) in [5, 5.41) is 15.1. The summed E-state index contributed by atoms with van der Waals surface area (Å²) in [6.07, 6.45) is 2.30. The number of aryl methyl sites for hydroxylation is 1. The average Bonchev–Trinajstić information content (AvgIpc) is 2.66.